The molecule has 0 radical (unpaired) electrons. The number of rotatable bonds is 12. The fourth-order valence-electron chi connectivity index (χ4n) is 5.07. The highest BCUT2D eigenvalue weighted by atomic mass is 16.5. The lowest BCUT2D eigenvalue weighted by Gasteiger charge is -2.18. The number of methoxy groups -OCH3 is 1. The number of benzene rings is 4. The lowest BCUT2D eigenvalue weighted by Crippen LogP contribution is -2.28. The zero-order valence-electron chi connectivity index (χ0n) is 23.2. The first-order chi connectivity index (χ1) is 19.6. The first-order valence-electron chi connectivity index (χ1n) is 13.8. The molecule has 0 saturated heterocycles. The Hall–Kier alpha value is -4.35. The van der Waals surface area contributed by atoms with E-state index in [1.165, 1.54) is 11.1 Å². The maximum Gasteiger partial charge on any atom is 0.221 e. The van der Waals surface area contributed by atoms with E-state index in [9.17, 15) is 4.79 Å². The second kappa shape index (κ2) is 13.1. The molecule has 4 aromatic carbocycles. The monoisotopic (exact) mass is 532 g/mol. The average Bonchev–Trinajstić information content (AvgIpc) is 3.35. The molecule has 1 N–H and O–H groups in total. The van der Waals surface area contributed by atoms with Crippen molar-refractivity contribution in [3.05, 3.63) is 137 Å². The van der Waals surface area contributed by atoms with Crippen LogP contribution >= 0.6 is 0 Å². The van der Waals surface area contributed by atoms with Crippen molar-refractivity contribution in [1.29, 1.82) is 0 Å². The quantitative estimate of drug-likeness (QED) is 0.179. The van der Waals surface area contributed by atoms with Crippen LogP contribution in [-0.2, 0) is 22.7 Å². The summed E-state index contributed by atoms with van der Waals surface area (Å²) in [7, 11) is 1.64. The third-order valence-corrected chi connectivity index (χ3v) is 7.22. The molecule has 5 nitrogen and oxygen atoms in total. The van der Waals surface area contributed by atoms with Crippen LogP contribution in [0.1, 0.15) is 40.2 Å². The van der Waals surface area contributed by atoms with Crippen molar-refractivity contribution in [3.63, 3.8) is 0 Å². The fourth-order valence-corrected chi connectivity index (χ4v) is 5.07. The number of para-hydroxylation sites is 1. The molecule has 40 heavy (non-hydrogen) atoms. The third kappa shape index (κ3) is 6.80. The fraction of sp³-hybridized carbons (Fsp3) is 0.229. The Balaban J connectivity index is 1.45. The molecule has 0 aliphatic heterocycles. The van der Waals surface area contributed by atoms with Gasteiger partial charge >= 0.3 is 0 Å². The van der Waals surface area contributed by atoms with Gasteiger partial charge in [0.15, 0.2) is 0 Å². The van der Waals surface area contributed by atoms with E-state index in [4.69, 9.17) is 9.47 Å². The lowest BCUT2D eigenvalue weighted by molar-refractivity contribution is -0.121. The standard InChI is InChI=1S/C35H36N2O3/c1-26-12-14-27(15-13-26)23-37-24-33(31-10-6-7-11-34(31)37)32(22-35(38)36-20-21-39-2)29-16-18-30(19-17-29)40-25-28-8-4-3-5-9-28/h3-19,24,32H,20-23,25H2,1-2H3,(H,36,38). The van der Waals surface area contributed by atoms with Gasteiger partial charge < -0.3 is 19.4 Å². The molecule has 1 atom stereocenters. The molecule has 0 saturated carbocycles. The second-order valence-electron chi connectivity index (χ2n) is 10.2. The number of nitrogens with zero attached hydrogens (tertiary/aromatic N) is 1. The smallest absolute Gasteiger partial charge is 0.221 e. The van der Waals surface area contributed by atoms with Crippen molar-refractivity contribution in [2.45, 2.75) is 32.4 Å². The van der Waals surface area contributed by atoms with Crippen molar-refractivity contribution in [3.8, 4) is 5.75 Å². The molecule has 1 unspecified atom stereocenters. The normalized spacial score (nSPS) is 11.8. The predicted molar refractivity (Wildman–Crippen MR) is 161 cm³/mol. The summed E-state index contributed by atoms with van der Waals surface area (Å²) in [5, 5.41) is 4.17. The van der Waals surface area contributed by atoms with Crippen molar-refractivity contribution in [2.24, 2.45) is 0 Å². The average molecular weight is 533 g/mol. The zero-order chi connectivity index (χ0) is 27.7. The van der Waals surface area contributed by atoms with E-state index in [2.05, 4.69) is 95.8 Å². The van der Waals surface area contributed by atoms with Crippen LogP contribution in [0.4, 0.5) is 0 Å². The minimum absolute atomic E-state index is 0.00169. The first kappa shape index (κ1) is 27.2. The van der Waals surface area contributed by atoms with Crippen molar-refractivity contribution in [2.75, 3.05) is 20.3 Å². The van der Waals surface area contributed by atoms with Crippen molar-refractivity contribution in [1.82, 2.24) is 9.88 Å². The molecule has 0 aliphatic rings. The number of aromatic nitrogens is 1. The maximum atomic E-state index is 13.1. The molecule has 0 spiro atoms. The van der Waals surface area contributed by atoms with E-state index >= 15 is 0 Å². The van der Waals surface area contributed by atoms with E-state index in [1.54, 1.807) is 7.11 Å². The highest BCUT2D eigenvalue weighted by Crippen LogP contribution is 2.36. The summed E-state index contributed by atoms with van der Waals surface area (Å²) in [5.41, 5.74) is 6.99. The summed E-state index contributed by atoms with van der Waals surface area (Å²) < 4.78 is 13.5. The van der Waals surface area contributed by atoms with Gasteiger partial charge in [-0.05, 0) is 47.4 Å². The molecular weight excluding hydrogens is 496 g/mol. The van der Waals surface area contributed by atoms with Gasteiger partial charge in [0.1, 0.15) is 12.4 Å². The molecule has 0 aliphatic carbocycles. The summed E-state index contributed by atoms with van der Waals surface area (Å²) >= 11 is 0. The van der Waals surface area contributed by atoms with Crippen LogP contribution in [0.5, 0.6) is 5.75 Å². The molecule has 1 heterocycles. The third-order valence-electron chi connectivity index (χ3n) is 7.22. The number of carbonyl (C=O) groups is 1. The largest absolute Gasteiger partial charge is 0.489 e. The summed E-state index contributed by atoms with van der Waals surface area (Å²) in [4.78, 5) is 13.1. The molecule has 204 valence electrons. The summed E-state index contributed by atoms with van der Waals surface area (Å²) in [6.07, 6.45) is 2.56. The number of aryl methyl sites for hydroxylation is 1. The van der Waals surface area contributed by atoms with Gasteiger partial charge in [0, 0.05) is 49.6 Å². The van der Waals surface area contributed by atoms with Crippen LogP contribution < -0.4 is 10.1 Å². The highest BCUT2D eigenvalue weighted by molar-refractivity contribution is 5.86. The molecule has 1 aromatic heterocycles. The van der Waals surface area contributed by atoms with Gasteiger partial charge in [-0.3, -0.25) is 4.79 Å². The van der Waals surface area contributed by atoms with E-state index in [0.29, 0.717) is 26.2 Å². The number of amides is 1. The van der Waals surface area contributed by atoms with E-state index in [0.717, 1.165) is 39.9 Å². The molecule has 1 amide bonds. The van der Waals surface area contributed by atoms with Crippen LogP contribution in [-0.4, -0.2) is 30.7 Å². The maximum absolute atomic E-state index is 13.1. The van der Waals surface area contributed by atoms with Gasteiger partial charge in [-0.2, -0.15) is 0 Å². The topological polar surface area (TPSA) is 52.5 Å². The number of carbonyl (C=O) groups excluding carboxylic acids is 1. The Morgan fingerprint density at radius 2 is 1.57 bits per heavy atom. The van der Waals surface area contributed by atoms with Gasteiger partial charge in [0.25, 0.3) is 0 Å². The Bertz CT molecular complexity index is 1520. The molecule has 5 aromatic rings. The molecule has 0 bridgehead atoms. The number of ether oxygens (including phenoxy) is 2. The molecule has 0 fully saturated rings. The molecule has 5 heteroatoms. The summed E-state index contributed by atoms with van der Waals surface area (Å²) in [5.74, 6) is 0.689. The number of nitrogens with one attached hydrogen (secondary N) is 1. The minimum Gasteiger partial charge on any atom is -0.489 e. The second-order valence-corrected chi connectivity index (χ2v) is 10.2. The van der Waals surface area contributed by atoms with Crippen LogP contribution in [0.25, 0.3) is 10.9 Å². The van der Waals surface area contributed by atoms with Crippen molar-refractivity contribution < 1.29 is 14.3 Å². The Morgan fingerprint density at radius 3 is 2.33 bits per heavy atom. The van der Waals surface area contributed by atoms with E-state index in [1.807, 2.05) is 30.3 Å². The van der Waals surface area contributed by atoms with E-state index < -0.39 is 0 Å². The Morgan fingerprint density at radius 1 is 0.850 bits per heavy atom. The number of fused-ring (bicyclic) bond motifs is 1. The zero-order valence-corrected chi connectivity index (χ0v) is 23.2. The van der Waals surface area contributed by atoms with Crippen LogP contribution in [0.2, 0.25) is 0 Å². The van der Waals surface area contributed by atoms with E-state index in [-0.39, 0.29) is 11.8 Å². The SMILES string of the molecule is COCCNC(=O)CC(c1ccc(OCc2ccccc2)cc1)c1cn(Cc2ccc(C)cc2)c2ccccc12. The van der Waals surface area contributed by atoms with Crippen LogP contribution in [0, 0.1) is 6.92 Å². The number of hydrogen-bond acceptors (Lipinski definition) is 3. The van der Waals surface area contributed by atoms with Crippen LogP contribution in [0.3, 0.4) is 0 Å². The first-order valence-corrected chi connectivity index (χ1v) is 13.8. The van der Waals surface area contributed by atoms with Gasteiger partial charge in [0.2, 0.25) is 5.91 Å². The summed E-state index contributed by atoms with van der Waals surface area (Å²) in [6.45, 7) is 4.36. The van der Waals surface area contributed by atoms with Gasteiger partial charge in [-0.15, -0.1) is 0 Å². The van der Waals surface area contributed by atoms with Gasteiger partial charge in [-0.25, -0.2) is 0 Å². The lowest BCUT2D eigenvalue weighted by atomic mass is 9.88. The minimum atomic E-state index is -0.116. The molecular formula is C35H36N2O3. The Kier molecular flexibility index (Phi) is 8.94. The van der Waals surface area contributed by atoms with Gasteiger partial charge in [-0.1, -0.05) is 90.5 Å². The predicted octanol–water partition coefficient (Wildman–Crippen LogP) is 6.86. The number of hydrogen-bond donors (Lipinski definition) is 1. The molecule has 5 rings (SSSR count). The van der Waals surface area contributed by atoms with Gasteiger partial charge in [0.05, 0.1) is 6.61 Å². The van der Waals surface area contributed by atoms with Crippen LogP contribution in [0.15, 0.2) is 109 Å². The summed E-state index contributed by atoms with van der Waals surface area (Å²) in [6, 6.07) is 35.4. The Labute approximate surface area is 236 Å². The highest BCUT2D eigenvalue weighted by Gasteiger charge is 2.23. The van der Waals surface area contributed by atoms with Crippen molar-refractivity contribution >= 4 is 16.8 Å².